The Morgan fingerprint density at radius 3 is 2.19 bits per heavy atom. The number of benzene rings is 2. The monoisotopic (exact) mass is 395 g/mol. The van der Waals surface area contributed by atoms with Crippen molar-refractivity contribution < 1.29 is 22.7 Å². The molecular weight excluding hydrogens is 378 g/mol. The number of halogens is 1. The van der Waals surface area contributed by atoms with Gasteiger partial charge in [0.25, 0.3) is 0 Å². The third kappa shape index (κ3) is 5.14. The van der Waals surface area contributed by atoms with Gasteiger partial charge in [0.2, 0.25) is 10.0 Å². The highest BCUT2D eigenvalue weighted by Crippen LogP contribution is 2.17. The normalized spacial score (nSPS) is 11.4. The number of carbonyl (C=O) groups excluding carboxylic acids is 2. The van der Waals surface area contributed by atoms with Gasteiger partial charge in [0, 0.05) is 17.6 Å². The highest BCUT2D eigenvalue weighted by Gasteiger charge is 2.24. The van der Waals surface area contributed by atoms with Gasteiger partial charge >= 0.3 is 5.97 Å². The van der Waals surface area contributed by atoms with Crippen molar-refractivity contribution in [3.05, 3.63) is 64.7 Å². The summed E-state index contributed by atoms with van der Waals surface area (Å²) in [5, 5.41) is 0.403. The van der Waals surface area contributed by atoms with E-state index in [1.165, 1.54) is 31.3 Å². The molecule has 0 heterocycles. The predicted octanol–water partition coefficient (Wildman–Crippen LogP) is 2.70. The number of ketones is 1. The number of hydrogen-bond donors (Lipinski definition) is 0. The molecule has 0 atom stereocenters. The minimum atomic E-state index is -3.86. The maximum atomic E-state index is 12.4. The quantitative estimate of drug-likeness (QED) is 0.532. The molecule has 0 spiro atoms. The van der Waals surface area contributed by atoms with E-state index < -0.39 is 29.1 Å². The number of Topliss-reactive ketones (excluding diaryl/α,β-unsaturated/α-hetero) is 1. The molecule has 0 amide bonds. The Hall–Kier alpha value is -2.22. The molecule has 0 fully saturated rings. The van der Waals surface area contributed by atoms with Crippen LogP contribution in [0.2, 0.25) is 5.02 Å². The van der Waals surface area contributed by atoms with Crippen LogP contribution in [-0.2, 0) is 19.6 Å². The molecule has 0 N–H and O–H groups in total. The Morgan fingerprint density at radius 1 is 1.04 bits per heavy atom. The molecule has 138 valence electrons. The van der Waals surface area contributed by atoms with Crippen molar-refractivity contribution in [2.75, 3.05) is 20.2 Å². The van der Waals surface area contributed by atoms with Gasteiger partial charge < -0.3 is 4.74 Å². The molecule has 0 aliphatic heterocycles. The summed E-state index contributed by atoms with van der Waals surface area (Å²) in [6, 6.07) is 12.4. The molecule has 26 heavy (non-hydrogen) atoms. The molecule has 6 nitrogen and oxygen atoms in total. The predicted molar refractivity (Wildman–Crippen MR) is 97.7 cm³/mol. The Kier molecular flexibility index (Phi) is 6.52. The number of nitrogens with zero attached hydrogens (tertiary/aromatic N) is 1. The van der Waals surface area contributed by atoms with Crippen molar-refractivity contribution in [1.29, 1.82) is 0 Å². The lowest BCUT2D eigenvalue weighted by Crippen LogP contribution is -2.33. The topological polar surface area (TPSA) is 80.8 Å². The first kappa shape index (κ1) is 20.1. The number of carbonyl (C=O) groups is 2. The average Bonchev–Trinajstić information content (AvgIpc) is 2.60. The lowest BCUT2D eigenvalue weighted by atomic mass is 10.1. The van der Waals surface area contributed by atoms with Gasteiger partial charge in [-0.3, -0.25) is 9.59 Å². The molecule has 0 aromatic heterocycles. The first-order valence-electron chi connectivity index (χ1n) is 7.67. The van der Waals surface area contributed by atoms with Crippen LogP contribution in [0.4, 0.5) is 0 Å². The number of sulfonamides is 1. The van der Waals surface area contributed by atoms with Crippen LogP contribution in [0.15, 0.2) is 53.4 Å². The molecule has 0 radical (unpaired) electrons. The number of ether oxygens (including phenoxy) is 1. The van der Waals surface area contributed by atoms with E-state index in [9.17, 15) is 18.0 Å². The fourth-order valence-corrected chi connectivity index (χ4v) is 3.31. The van der Waals surface area contributed by atoms with Crippen LogP contribution >= 0.6 is 11.6 Å². The molecule has 0 aliphatic carbocycles. The highest BCUT2D eigenvalue weighted by atomic mass is 35.5. The number of aryl methyl sites for hydroxylation is 1. The smallest absolute Gasteiger partial charge is 0.321 e. The standard InChI is InChI=1S/C18H18ClNO5S/c1-13-3-5-14(6-4-13)17(21)12-25-18(22)11-20(2)26(23,24)16-9-7-15(19)8-10-16/h3-10H,11-12H2,1-2H3. The molecule has 8 heteroatoms. The van der Waals surface area contributed by atoms with Crippen LogP contribution in [0, 0.1) is 6.92 Å². The third-order valence-corrected chi connectivity index (χ3v) is 5.68. The molecular formula is C18H18ClNO5S. The van der Waals surface area contributed by atoms with Crippen molar-refractivity contribution in [1.82, 2.24) is 4.31 Å². The molecule has 0 saturated heterocycles. The zero-order valence-electron chi connectivity index (χ0n) is 14.3. The minimum absolute atomic E-state index is 0.00734. The maximum absolute atomic E-state index is 12.4. The van der Waals surface area contributed by atoms with E-state index in [4.69, 9.17) is 16.3 Å². The van der Waals surface area contributed by atoms with Gasteiger partial charge in [-0.1, -0.05) is 41.4 Å². The molecule has 0 saturated carbocycles. The molecule has 2 aromatic rings. The van der Waals surface area contributed by atoms with Gasteiger partial charge in [-0.15, -0.1) is 0 Å². The van der Waals surface area contributed by atoms with Crippen LogP contribution in [0.25, 0.3) is 0 Å². The average molecular weight is 396 g/mol. The molecule has 2 rings (SSSR count). The van der Waals surface area contributed by atoms with Crippen LogP contribution in [0.1, 0.15) is 15.9 Å². The number of rotatable bonds is 7. The molecule has 0 bridgehead atoms. The summed E-state index contributed by atoms with van der Waals surface area (Å²) < 4.78 is 30.5. The maximum Gasteiger partial charge on any atom is 0.321 e. The third-order valence-electron chi connectivity index (χ3n) is 3.61. The number of esters is 1. The zero-order valence-corrected chi connectivity index (χ0v) is 15.9. The van der Waals surface area contributed by atoms with Gasteiger partial charge in [0.1, 0.15) is 6.54 Å². The lowest BCUT2D eigenvalue weighted by Gasteiger charge is -2.16. The summed E-state index contributed by atoms with van der Waals surface area (Å²) in [5.41, 5.74) is 1.43. The van der Waals surface area contributed by atoms with E-state index in [2.05, 4.69) is 0 Å². The van der Waals surface area contributed by atoms with Gasteiger partial charge in [0.05, 0.1) is 4.90 Å². The van der Waals surface area contributed by atoms with E-state index >= 15 is 0 Å². The largest absolute Gasteiger partial charge is 0.456 e. The van der Waals surface area contributed by atoms with Gasteiger partial charge in [-0.25, -0.2) is 8.42 Å². The van der Waals surface area contributed by atoms with E-state index in [-0.39, 0.29) is 10.7 Å². The summed E-state index contributed by atoms with van der Waals surface area (Å²) in [5.74, 6) is -1.17. The SMILES string of the molecule is Cc1ccc(C(=O)COC(=O)CN(C)S(=O)(=O)c2ccc(Cl)cc2)cc1. The van der Waals surface area contributed by atoms with E-state index in [0.29, 0.717) is 10.6 Å². The Labute approximate surface area is 157 Å². The minimum Gasteiger partial charge on any atom is -0.456 e. The summed E-state index contributed by atoms with van der Waals surface area (Å²) >= 11 is 5.74. The van der Waals surface area contributed by atoms with Gasteiger partial charge in [0.15, 0.2) is 12.4 Å². The highest BCUT2D eigenvalue weighted by molar-refractivity contribution is 7.89. The first-order valence-corrected chi connectivity index (χ1v) is 9.49. The first-order chi connectivity index (χ1) is 12.2. The van der Waals surface area contributed by atoms with Crippen LogP contribution in [-0.4, -0.2) is 44.7 Å². The van der Waals surface area contributed by atoms with Crippen molar-refractivity contribution >= 4 is 33.4 Å². The van der Waals surface area contributed by atoms with Crippen LogP contribution < -0.4 is 0 Å². The van der Waals surface area contributed by atoms with Crippen molar-refractivity contribution in [2.24, 2.45) is 0 Å². The summed E-state index contributed by atoms with van der Waals surface area (Å²) in [7, 11) is -2.60. The molecule has 2 aromatic carbocycles. The fraction of sp³-hybridized carbons (Fsp3) is 0.222. The Morgan fingerprint density at radius 2 is 1.62 bits per heavy atom. The summed E-state index contributed by atoms with van der Waals surface area (Å²) in [6.45, 7) is 0.939. The van der Waals surface area contributed by atoms with E-state index in [1.807, 2.05) is 6.92 Å². The van der Waals surface area contributed by atoms with E-state index in [1.54, 1.807) is 24.3 Å². The van der Waals surface area contributed by atoms with E-state index in [0.717, 1.165) is 9.87 Å². The lowest BCUT2D eigenvalue weighted by molar-refractivity contribution is -0.142. The van der Waals surface area contributed by atoms with Crippen molar-refractivity contribution in [3.63, 3.8) is 0 Å². The Bertz CT molecular complexity index is 892. The second kappa shape index (κ2) is 8.44. The summed E-state index contributed by atoms with van der Waals surface area (Å²) in [4.78, 5) is 23.9. The number of hydrogen-bond acceptors (Lipinski definition) is 5. The number of likely N-dealkylation sites (N-methyl/N-ethyl adjacent to an activating group) is 1. The van der Waals surface area contributed by atoms with Crippen molar-refractivity contribution in [3.8, 4) is 0 Å². The van der Waals surface area contributed by atoms with Crippen molar-refractivity contribution in [2.45, 2.75) is 11.8 Å². The van der Waals surface area contributed by atoms with Gasteiger partial charge in [-0.05, 0) is 31.2 Å². The molecule has 0 aliphatic rings. The molecule has 0 unspecified atom stereocenters. The Balaban J connectivity index is 1.93. The van der Waals surface area contributed by atoms with Gasteiger partial charge in [-0.2, -0.15) is 4.31 Å². The summed E-state index contributed by atoms with van der Waals surface area (Å²) in [6.07, 6.45) is 0. The van der Waals surface area contributed by atoms with Crippen LogP contribution in [0.3, 0.4) is 0 Å². The van der Waals surface area contributed by atoms with Crippen LogP contribution in [0.5, 0.6) is 0 Å². The fourth-order valence-electron chi connectivity index (χ4n) is 2.07. The zero-order chi connectivity index (χ0) is 19.3. The second-order valence-electron chi connectivity index (χ2n) is 5.66. The second-order valence-corrected chi connectivity index (χ2v) is 8.15.